The molecule has 0 aliphatic carbocycles. The molecule has 2 amide bonds. The van der Waals surface area contributed by atoms with E-state index in [-0.39, 0.29) is 22.4 Å². The molecule has 21 heavy (non-hydrogen) atoms. The molecule has 0 atom stereocenters. The molecule has 0 fully saturated rings. The van der Waals surface area contributed by atoms with Crippen LogP contribution in [0.1, 0.15) is 13.8 Å². The molecule has 0 radical (unpaired) electrons. The number of carbonyl (C=O) groups excluding carboxylic acids is 1. The number of non-ortho nitro benzene ring substituents is 1. The van der Waals surface area contributed by atoms with Gasteiger partial charge in [-0.1, -0.05) is 11.6 Å². The summed E-state index contributed by atoms with van der Waals surface area (Å²) in [5, 5.41) is 22.0. The van der Waals surface area contributed by atoms with E-state index in [4.69, 9.17) is 16.7 Å². The monoisotopic (exact) mass is 315 g/mol. The van der Waals surface area contributed by atoms with Crippen LogP contribution in [0.3, 0.4) is 0 Å². The molecule has 0 aliphatic heterocycles. The van der Waals surface area contributed by atoms with Crippen molar-refractivity contribution < 1.29 is 19.6 Å². The van der Waals surface area contributed by atoms with Crippen LogP contribution in [-0.2, 0) is 4.79 Å². The summed E-state index contributed by atoms with van der Waals surface area (Å²) in [6.07, 6.45) is 0. The number of urea groups is 1. The number of benzene rings is 1. The lowest BCUT2D eigenvalue weighted by molar-refractivity contribution is -0.384. The summed E-state index contributed by atoms with van der Waals surface area (Å²) in [5.74, 6) is -1.16. The van der Waals surface area contributed by atoms with Crippen LogP contribution in [0.5, 0.6) is 0 Å². The first-order valence-electron chi connectivity index (χ1n) is 5.95. The summed E-state index contributed by atoms with van der Waals surface area (Å²) < 4.78 is 0. The molecule has 0 aromatic heterocycles. The highest BCUT2D eigenvalue weighted by atomic mass is 35.5. The fourth-order valence-corrected chi connectivity index (χ4v) is 1.71. The summed E-state index contributed by atoms with van der Waals surface area (Å²) in [5.41, 5.74) is -0.184. The van der Waals surface area contributed by atoms with Crippen LogP contribution in [0.2, 0.25) is 5.02 Å². The van der Waals surface area contributed by atoms with Crippen molar-refractivity contribution in [3.8, 4) is 0 Å². The molecular formula is C12H14ClN3O5. The summed E-state index contributed by atoms with van der Waals surface area (Å²) in [7, 11) is 0. The maximum absolute atomic E-state index is 12.0. The Morgan fingerprint density at radius 1 is 1.48 bits per heavy atom. The van der Waals surface area contributed by atoms with Crippen molar-refractivity contribution in [2.45, 2.75) is 19.9 Å². The molecule has 1 rings (SSSR count). The number of aliphatic carboxylic acids is 1. The number of nitro benzene ring substituents is 1. The SMILES string of the molecule is CC(C)N(CC(=O)O)C(=O)Nc1cc([N+](=O)[O-])ccc1Cl. The first-order chi connectivity index (χ1) is 9.72. The molecule has 0 unspecified atom stereocenters. The average Bonchev–Trinajstić information content (AvgIpc) is 2.37. The number of hydrogen-bond acceptors (Lipinski definition) is 4. The number of halogens is 1. The number of amides is 2. The lowest BCUT2D eigenvalue weighted by Crippen LogP contribution is -2.43. The second-order valence-electron chi connectivity index (χ2n) is 4.47. The number of nitrogens with one attached hydrogen (secondary N) is 1. The van der Waals surface area contributed by atoms with Crippen molar-refractivity contribution in [3.05, 3.63) is 33.3 Å². The summed E-state index contributed by atoms with van der Waals surface area (Å²) >= 11 is 5.86. The summed E-state index contributed by atoms with van der Waals surface area (Å²) in [6.45, 7) is 2.81. The minimum absolute atomic E-state index is 0.0481. The van der Waals surface area contributed by atoms with Gasteiger partial charge in [-0.25, -0.2) is 4.79 Å². The topological polar surface area (TPSA) is 113 Å². The Morgan fingerprint density at radius 2 is 2.10 bits per heavy atom. The zero-order chi connectivity index (χ0) is 16.2. The maximum atomic E-state index is 12.0. The van der Waals surface area contributed by atoms with Crippen molar-refractivity contribution in [2.24, 2.45) is 0 Å². The van der Waals surface area contributed by atoms with Gasteiger partial charge in [0.15, 0.2) is 0 Å². The summed E-state index contributed by atoms with van der Waals surface area (Å²) in [4.78, 5) is 33.9. The van der Waals surface area contributed by atoms with E-state index >= 15 is 0 Å². The van der Waals surface area contributed by atoms with Crippen molar-refractivity contribution in [2.75, 3.05) is 11.9 Å². The Kier molecular flexibility index (Phi) is 5.48. The van der Waals surface area contributed by atoms with Crippen molar-refractivity contribution in [3.63, 3.8) is 0 Å². The van der Waals surface area contributed by atoms with Crippen LogP contribution in [-0.4, -0.2) is 39.5 Å². The van der Waals surface area contributed by atoms with Crippen molar-refractivity contribution in [1.29, 1.82) is 0 Å². The van der Waals surface area contributed by atoms with Gasteiger partial charge in [-0.2, -0.15) is 0 Å². The Morgan fingerprint density at radius 3 is 2.57 bits per heavy atom. The minimum Gasteiger partial charge on any atom is -0.480 e. The maximum Gasteiger partial charge on any atom is 0.323 e. The van der Waals surface area contributed by atoms with E-state index in [2.05, 4.69) is 5.32 Å². The van der Waals surface area contributed by atoms with Gasteiger partial charge in [0, 0.05) is 18.2 Å². The van der Waals surface area contributed by atoms with Gasteiger partial charge in [0.25, 0.3) is 5.69 Å². The van der Waals surface area contributed by atoms with Crippen LogP contribution in [0, 0.1) is 10.1 Å². The van der Waals surface area contributed by atoms with Gasteiger partial charge in [-0.05, 0) is 19.9 Å². The van der Waals surface area contributed by atoms with Gasteiger partial charge in [-0.3, -0.25) is 14.9 Å². The lowest BCUT2D eigenvalue weighted by Gasteiger charge is -2.25. The largest absolute Gasteiger partial charge is 0.480 e. The molecule has 0 saturated heterocycles. The highest BCUT2D eigenvalue weighted by Crippen LogP contribution is 2.27. The zero-order valence-electron chi connectivity index (χ0n) is 11.4. The van der Waals surface area contributed by atoms with Gasteiger partial charge >= 0.3 is 12.0 Å². The molecule has 0 spiro atoms. The molecule has 1 aromatic carbocycles. The van der Waals surface area contributed by atoms with Gasteiger partial charge in [0.05, 0.1) is 15.6 Å². The van der Waals surface area contributed by atoms with Crippen LogP contribution in [0.25, 0.3) is 0 Å². The van der Waals surface area contributed by atoms with E-state index in [9.17, 15) is 19.7 Å². The van der Waals surface area contributed by atoms with Gasteiger partial charge in [0.2, 0.25) is 0 Å². The number of carboxylic acid groups (broad SMARTS) is 1. The van der Waals surface area contributed by atoms with E-state index in [1.165, 1.54) is 12.1 Å². The zero-order valence-corrected chi connectivity index (χ0v) is 12.1. The molecule has 1 aromatic rings. The predicted molar refractivity (Wildman–Crippen MR) is 76.6 cm³/mol. The second kappa shape index (κ2) is 6.89. The van der Waals surface area contributed by atoms with Crippen LogP contribution >= 0.6 is 11.6 Å². The molecule has 8 nitrogen and oxygen atoms in total. The first-order valence-corrected chi connectivity index (χ1v) is 6.33. The van der Waals surface area contributed by atoms with E-state index in [1.807, 2.05) is 0 Å². The smallest absolute Gasteiger partial charge is 0.323 e. The third-order valence-electron chi connectivity index (χ3n) is 2.59. The van der Waals surface area contributed by atoms with Crippen LogP contribution in [0.15, 0.2) is 18.2 Å². The number of carbonyl (C=O) groups is 2. The van der Waals surface area contributed by atoms with E-state index in [0.717, 1.165) is 11.0 Å². The molecule has 0 bridgehead atoms. The van der Waals surface area contributed by atoms with Gasteiger partial charge in [-0.15, -0.1) is 0 Å². The van der Waals surface area contributed by atoms with E-state index in [1.54, 1.807) is 13.8 Å². The van der Waals surface area contributed by atoms with Crippen molar-refractivity contribution >= 4 is 35.0 Å². The van der Waals surface area contributed by atoms with Gasteiger partial charge < -0.3 is 15.3 Å². The average molecular weight is 316 g/mol. The molecule has 0 heterocycles. The predicted octanol–water partition coefficient (Wildman–Crippen LogP) is 2.58. The highest BCUT2D eigenvalue weighted by molar-refractivity contribution is 6.33. The Hall–Kier alpha value is -2.35. The molecule has 9 heteroatoms. The number of hydrogen-bond donors (Lipinski definition) is 2. The third kappa shape index (κ3) is 4.60. The Labute approximate surface area is 125 Å². The standard InChI is InChI=1S/C12H14ClN3O5/c1-7(2)15(6-11(17)18)12(19)14-10-5-8(16(20)21)3-4-9(10)13/h3-5,7H,6H2,1-2H3,(H,14,19)(H,17,18). The summed E-state index contributed by atoms with van der Waals surface area (Å²) in [6, 6.07) is 2.54. The molecule has 0 saturated carbocycles. The Bertz CT molecular complexity index is 576. The fraction of sp³-hybridized carbons (Fsp3) is 0.333. The highest BCUT2D eigenvalue weighted by Gasteiger charge is 2.21. The number of rotatable bonds is 5. The first kappa shape index (κ1) is 16.7. The normalized spacial score (nSPS) is 10.3. The Balaban J connectivity index is 2.97. The van der Waals surface area contributed by atoms with Gasteiger partial charge in [0.1, 0.15) is 6.54 Å². The van der Waals surface area contributed by atoms with E-state index in [0.29, 0.717) is 0 Å². The second-order valence-corrected chi connectivity index (χ2v) is 4.87. The molecule has 114 valence electrons. The number of carboxylic acids is 1. The quantitative estimate of drug-likeness (QED) is 0.640. The molecule has 2 N–H and O–H groups in total. The lowest BCUT2D eigenvalue weighted by atomic mass is 10.2. The fourth-order valence-electron chi connectivity index (χ4n) is 1.54. The third-order valence-corrected chi connectivity index (χ3v) is 2.92. The number of anilines is 1. The van der Waals surface area contributed by atoms with Crippen molar-refractivity contribution in [1.82, 2.24) is 4.90 Å². The molecule has 0 aliphatic rings. The van der Waals surface area contributed by atoms with Crippen LogP contribution in [0.4, 0.5) is 16.2 Å². The number of nitro groups is 1. The minimum atomic E-state index is -1.16. The number of nitrogens with zero attached hydrogens (tertiary/aromatic N) is 2. The van der Waals surface area contributed by atoms with E-state index < -0.39 is 23.5 Å². The van der Waals surface area contributed by atoms with Crippen LogP contribution < -0.4 is 5.32 Å². The molecular weight excluding hydrogens is 302 g/mol.